The first-order chi connectivity index (χ1) is 8.09. The molecule has 0 aliphatic rings. The number of carboxylic acid groups (broad SMARTS) is 2. The molecule has 0 fully saturated rings. The molecule has 0 aliphatic heterocycles. The maximum Gasteiger partial charge on any atom is 1.00 e. The number of hydrogen-bond acceptors (Lipinski definition) is 5. The van der Waals surface area contributed by atoms with Crippen LogP contribution in [0.4, 0.5) is 5.69 Å². The van der Waals surface area contributed by atoms with Gasteiger partial charge < -0.3 is 24.7 Å². The summed E-state index contributed by atoms with van der Waals surface area (Å²) in [5.74, 6) is -2.31. The van der Waals surface area contributed by atoms with Gasteiger partial charge in [-0.2, -0.15) is 0 Å². The predicted octanol–water partition coefficient (Wildman–Crippen LogP) is -7.22. The van der Waals surface area contributed by atoms with Crippen LogP contribution in [0.15, 0.2) is 30.3 Å². The Morgan fingerprint density at radius 3 is 1.68 bits per heavy atom. The minimum absolute atomic E-state index is 0. The Kier molecular flexibility index (Phi) is 13.2. The minimum Gasteiger partial charge on any atom is -0.550 e. The third-order valence-electron chi connectivity index (χ3n) is 2.29. The normalized spacial score (nSPS) is 8.84. The van der Waals surface area contributed by atoms with E-state index in [4.69, 9.17) is 0 Å². The van der Waals surface area contributed by atoms with Crippen LogP contribution in [0.5, 0.6) is 0 Å². The fourth-order valence-electron chi connectivity index (χ4n) is 1.46. The van der Waals surface area contributed by atoms with Gasteiger partial charge in [0.05, 0.1) is 0 Å². The molecular formula is C12H13NNa2O4. The van der Waals surface area contributed by atoms with Crippen LogP contribution in [-0.2, 0) is 9.59 Å². The number of carbonyl (C=O) groups excluding carboxylic acids is 2. The molecule has 0 radical (unpaired) electrons. The largest absolute Gasteiger partial charge is 1.00 e. The van der Waals surface area contributed by atoms with Crippen LogP contribution >= 0.6 is 0 Å². The molecule has 5 nitrogen and oxygen atoms in total. The summed E-state index contributed by atoms with van der Waals surface area (Å²) in [7, 11) is 0. The van der Waals surface area contributed by atoms with Gasteiger partial charge >= 0.3 is 59.1 Å². The summed E-state index contributed by atoms with van der Waals surface area (Å²) in [6, 6.07) is 9.04. The molecule has 0 N–H and O–H groups in total. The van der Waals surface area contributed by atoms with E-state index in [1.54, 1.807) is 29.2 Å². The first-order valence-electron chi connectivity index (χ1n) is 5.29. The maximum atomic E-state index is 10.4. The van der Waals surface area contributed by atoms with E-state index in [-0.39, 0.29) is 85.0 Å². The average molecular weight is 281 g/mol. The fraction of sp³-hybridized carbons (Fsp3) is 0.333. The van der Waals surface area contributed by atoms with Crippen molar-refractivity contribution in [3.8, 4) is 0 Å². The molecule has 0 aromatic heterocycles. The summed E-state index contributed by atoms with van der Waals surface area (Å²) in [5, 5.41) is 20.8. The van der Waals surface area contributed by atoms with Crippen molar-refractivity contribution in [1.29, 1.82) is 0 Å². The van der Waals surface area contributed by atoms with Crippen molar-refractivity contribution in [2.45, 2.75) is 12.8 Å². The van der Waals surface area contributed by atoms with Crippen LogP contribution < -0.4 is 74.2 Å². The Morgan fingerprint density at radius 1 is 0.895 bits per heavy atom. The van der Waals surface area contributed by atoms with E-state index in [0.29, 0.717) is 0 Å². The van der Waals surface area contributed by atoms with Gasteiger partial charge in [0, 0.05) is 43.6 Å². The van der Waals surface area contributed by atoms with Crippen LogP contribution in [0.2, 0.25) is 0 Å². The quantitative estimate of drug-likeness (QED) is 0.464. The summed E-state index contributed by atoms with van der Waals surface area (Å²) in [5.41, 5.74) is 0.787. The van der Waals surface area contributed by atoms with Gasteiger partial charge in [-0.1, -0.05) is 18.2 Å². The molecule has 7 heteroatoms. The van der Waals surface area contributed by atoms with Crippen molar-refractivity contribution in [2.75, 3.05) is 18.0 Å². The number of carboxylic acids is 2. The van der Waals surface area contributed by atoms with Gasteiger partial charge in [-0.15, -0.1) is 0 Å². The molecule has 0 spiro atoms. The molecule has 1 aromatic rings. The van der Waals surface area contributed by atoms with Crippen molar-refractivity contribution in [3.05, 3.63) is 30.3 Å². The number of nitrogens with zero attached hydrogens (tertiary/aromatic N) is 1. The van der Waals surface area contributed by atoms with Crippen molar-refractivity contribution in [3.63, 3.8) is 0 Å². The topological polar surface area (TPSA) is 83.5 Å². The zero-order chi connectivity index (χ0) is 12.7. The smallest absolute Gasteiger partial charge is 0.550 e. The number of para-hydroxylation sites is 1. The second-order valence-electron chi connectivity index (χ2n) is 3.57. The van der Waals surface area contributed by atoms with Crippen LogP contribution in [0.1, 0.15) is 12.8 Å². The standard InChI is InChI=1S/C12H15NO4.2Na/c14-11(15)6-8-13(9-7-12(16)17)10-4-2-1-3-5-10;;/h1-5H,6-9H2,(H,14,15)(H,16,17);;/q;2*+1/p-2. The number of benzene rings is 1. The number of carbonyl (C=O) groups is 2. The van der Waals surface area contributed by atoms with E-state index in [1.165, 1.54) is 0 Å². The molecule has 0 unspecified atom stereocenters. The Labute approximate surface area is 156 Å². The third kappa shape index (κ3) is 9.49. The van der Waals surface area contributed by atoms with Gasteiger partial charge in [0.1, 0.15) is 0 Å². The molecule has 0 saturated carbocycles. The Bertz CT molecular complexity index is 369. The van der Waals surface area contributed by atoms with E-state index >= 15 is 0 Å². The molecule has 92 valence electrons. The Morgan fingerprint density at radius 2 is 1.32 bits per heavy atom. The zero-order valence-electron chi connectivity index (χ0n) is 11.3. The number of hydrogen-bond donors (Lipinski definition) is 0. The second-order valence-corrected chi connectivity index (χ2v) is 3.57. The fourth-order valence-corrected chi connectivity index (χ4v) is 1.46. The second kappa shape index (κ2) is 11.8. The van der Waals surface area contributed by atoms with Gasteiger partial charge in [0.15, 0.2) is 0 Å². The SMILES string of the molecule is O=C([O-])CCN(CCC(=O)[O-])c1ccccc1.[Na+].[Na+]. The van der Waals surface area contributed by atoms with Crippen molar-refractivity contribution in [2.24, 2.45) is 0 Å². The van der Waals surface area contributed by atoms with Gasteiger partial charge in [-0.25, -0.2) is 0 Å². The first-order valence-corrected chi connectivity index (χ1v) is 5.29. The summed E-state index contributed by atoms with van der Waals surface area (Å²) < 4.78 is 0. The van der Waals surface area contributed by atoms with Crippen LogP contribution in [0, 0.1) is 0 Å². The van der Waals surface area contributed by atoms with E-state index < -0.39 is 11.9 Å². The van der Waals surface area contributed by atoms with E-state index in [9.17, 15) is 19.8 Å². The van der Waals surface area contributed by atoms with Crippen molar-refractivity contribution >= 4 is 17.6 Å². The predicted molar refractivity (Wildman–Crippen MR) is 57.9 cm³/mol. The molecule has 1 rings (SSSR count). The van der Waals surface area contributed by atoms with Gasteiger partial charge in [0.2, 0.25) is 0 Å². The molecule has 0 aliphatic carbocycles. The zero-order valence-corrected chi connectivity index (χ0v) is 15.3. The molecule has 0 amide bonds. The van der Waals surface area contributed by atoms with E-state index in [2.05, 4.69) is 0 Å². The van der Waals surface area contributed by atoms with Gasteiger partial charge in [-0.3, -0.25) is 0 Å². The summed E-state index contributed by atoms with van der Waals surface area (Å²) >= 11 is 0. The first kappa shape index (κ1) is 21.3. The van der Waals surface area contributed by atoms with Crippen LogP contribution in [-0.4, -0.2) is 25.0 Å². The summed E-state index contributed by atoms with van der Waals surface area (Å²) in [6.45, 7) is 0.444. The molecule has 0 bridgehead atoms. The third-order valence-corrected chi connectivity index (χ3v) is 2.29. The summed E-state index contributed by atoms with van der Waals surface area (Å²) in [4.78, 5) is 22.5. The maximum absolute atomic E-state index is 10.4. The van der Waals surface area contributed by atoms with Gasteiger partial charge in [0.25, 0.3) is 0 Å². The van der Waals surface area contributed by atoms with Crippen molar-refractivity contribution < 1.29 is 78.9 Å². The van der Waals surface area contributed by atoms with Crippen LogP contribution in [0.3, 0.4) is 0 Å². The number of aliphatic carboxylic acids is 2. The van der Waals surface area contributed by atoms with E-state index in [1.807, 2.05) is 6.07 Å². The number of anilines is 1. The Balaban J connectivity index is 0. The molecule has 0 atom stereocenters. The monoisotopic (exact) mass is 281 g/mol. The van der Waals surface area contributed by atoms with E-state index in [0.717, 1.165) is 5.69 Å². The van der Waals surface area contributed by atoms with Gasteiger partial charge in [-0.05, 0) is 12.1 Å². The molecule has 0 heterocycles. The molecular weight excluding hydrogens is 268 g/mol. The Hall–Kier alpha value is -0.0400. The molecule has 0 saturated heterocycles. The number of rotatable bonds is 7. The average Bonchev–Trinajstić information content (AvgIpc) is 2.29. The summed E-state index contributed by atoms with van der Waals surface area (Å²) in [6.07, 6.45) is -0.274. The van der Waals surface area contributed by atoms with Crippen LogP contribution in [0.25, 0.3) is 0 Å². The van der Waals surface area contributed by atoms with Crippen molar-refractivity contribution in [1.82, 2.24) is 0 Å². The molecule has 19 heavy (non-hydrogen) atoms. The molecule has 1 aromatic carbocycles. The minimum atomic E-state index is -1.15.